The Hall–Kier alpha value is -3.84. The first-order chi connectivity index (χ1) is 15.5. The van der Waals surface area contributed by atoms with Crippen molar-refractivity contribution in [2.45, 2.75) is 19.0 Å². The van der Waals surface area contributed by atoms with E-state index < -0.39 is 11.6 Å². The van der Waals surface area contributed by atoms with Crippen molar-refractivity contribution in [3.05, 3.63) is 74.8 Å². The number of carbonyl (C=O) groups is 2. The van der Waals surface area contributed by atoms with Gasteiger partial charge < -0.3 is 10.2 Å². The Bertz CT molecular complexity index is 1340. The number of aromatic amines is 1. The van der Waals surface area contributed by atoms with Crippen molar-refractivity contribution < 1.29 is 9.59 Å². The van der Waals surface area contributed by atoms with Crippen LogP contribution < -0.4 is 16.4 Å². The van der Waals surface area contributed by atoms with Gasteiger partial charge >= 0.3 is 0 Å². The molecule has 4 rings (SSSR count). The maximum atomic E-state index is 12.8. The summed E-state index contributed by atoms with van der Waals surface area (Å²) in [6.07, 6.45) is -0.0323. The smallest absolute Gasteiger partial charge is 0.273 e. The minimum atomic E-state index is -0.643. The van der Waals surface area contributed by atoms with Crippen LogP contribution in [-0.4, -0.2) is 44.2 Å². The fourth-order valence-electron chi connectivity index (χ4n) is 3.51. The topological polar surface area (TPSA) is 128 Å². The summed E-state index contributed by atoms with van der Waals surface area (Å²) < 4.78 is 1.14. The van der Waals surface area contributed by atoms with Gasteiger partial charge in [0.25, 0.3) is 11.1 Å². The molecule has 0 aliphatic carbocycles. The second-order valence-electron chi connectivity index (χ2n) is 7.25. The molecule has 1 aliphatic heterocycles. The molecule has 2 N–H and O–H groups in total. The van der Waals surface area contributed by atoms with Crippen molar-refractivity contribution in [1.82, 2.24) is 14.7 Å². The van der Waals surface area contributed by atoms with E-state index in [1.165, 1.54) is 16.7 Å². The van der Waals surface area contributed by atoms with Crippen molar-refractivity contribution in [3.8, 4) is 6.07 Å². The molecule has 1 saturated heterocycles. The summed E-state index contributed by atoms with van der Waals surface area (Å²) in [6.45, 7) is 0.00285. The highest BCUT2D eigenvalue weighted by Gasteiger charge is 2.34. The molecular weight excluding hydrogens is 430 g/mol. The monoisotopic (exact) mass is 449 g/mol. The van der Waals surface area contributed by atoms with Gasteiger partial charge in [0.05, 0.1) is 34.8 Å². The van der Waals surface area contributed by atoms with Crippen molar-refractivity contribution in [1.29, 1.82) is 5.26 Å². The molecule has 3 aromatic rings. The first-order valence-electron chi connectivity index (χ1n) is 9.88. The van der Waals surface area contributed by atoms with Gasteiger partial charge in [-0.15, -0.1) is 11.8 Å². The van der Waals surface area contributed by atoms with Gasteiger partial charge in [-0.1, -0.05) is 12.1 Å². The minimum absolute atomic E-state index is 0.00285. The van der Waals surface area contributed by atoms with Crippen molar-refractivity contribution >= 4 is 40.0 Å². The predicted octanol–water partition coefficient (Wildman–Crippen LogP) is 1.49. The highest BCUT2D eigenvalue weighted by molar-refractivity contribution is 7.99. The van der Waals surface area contributed by atoms with Gasteiger partial charge in [-0.05, 0) is 36.4 Å². The number of carbonyl (C=O) groups excluding carboxylic acids is 2. The van der Waals surface area contributed by atoms with Gasteiger partial charge in [-0.2, -0.15) is 5.26 Å². The summed E-state index contributed by atoms with van der Waals surface area (Å²) in [5, 5.41) is 14.7. The molecule has 1 unspecified atom stereocenters. The molecule has 1 aromatic heterocycles. The molecule has 2 heterocycles. The Morgan fingerprint density at radius 1 is 1.12 bits per heavy atom. The second-order valence-corrected chi connectivity index (χ2v) is 8.25. The summed E-state index contributed by atoms with van der Waals surface area (Å²) in [7, 11) is 0. The van der Waals surface area contributed by atoms with Crippen molar-refractivity contribution in [3.63, 3.8) is 0 Å². The van der Waals surface area contributed by atoms with Gasteiger partial charge in [0.2, 0.25) is 11.8 Å². The van der Waals surface area contributed by atoms with Crippen LogP contribution in [0.25, 0.3) is 10.8 Å². The lowest BCUT2D eigenvalue weighted by Gasteiger charge is -2.23. The van der Waals surface area contributed by atoms with Gasteiger partial charge in [-0.3, -0.25) is 24.3 Å². The zero-order valence-electron chi connectivity index (χ0n) is 16.9. The van der Waals surface area contributed by atoms with E-state index in [9.17, 15) is 19.2 Å². The Morgan fingerprint density at radius 3 is 2.56 bits per heavy atom. The quantitative estimate of drug-likeness (QED) is 0.607. The number of anilines is 1. The first-order valence-corrected chi connectivity index (χ1v) is 11.0. The summed E-state index contributed by atoms with van der Waals surface area (Å²) >= 11 is 1.47. The molecule has 2 aromatic carbocycles. The molecule has 10 heteroatoms. The fourth-order valence-corrected chi connectivity index (χ4v) is 4.70. The zero-order valence-corrected chi connectivity index (χ0v) is 17.7. The maximum Gasteiger partial charge on any atom is 0.273 e. The number of fused-ring (bicyclic) bond motifs is 1. The number of hydrogen-bond acceptors (Lipinski definition) is 6. The summed E-state index contributed by atoms with van der Waals surface area (Å²) in [6, 6.07) is 14.3. The lowest BCUT2D eigenvalue weighted by atomic mass is 10.2. The van der Waals surface area contributed by atoms with Crippen LogP contribution >= 0.6 is 11.8 Å². The molecule has 0 saturated carbocycles. The van der Waals surface area contributed by atoms with Crippen LogP contribution in [-0.2, 0) is 16.1 Å². The van der Waals surface area contributed by atoms with Crippen LogP contribution in [0, 0.1) is 11.3 Å². The Labute approximate surface area is 186 Å². The van der Waals surface area contributed by atoms with E-state index in [1.807, 2.05) is 6.07 Å². The highest BCUT2D eigenvalue weighted by atomic mass is 32.2. The van der Waals surface area contributed by atoms with Crippen LogP contribution in [0.3, 0.4) is 0 Å². The van der Waals surface area contributed by atoms with Gasteiger partial charge in [0.15, 0.2) is 0 Å². The number of thioether (sulfide) groups is 1. The average Bonchev–Trinajstić information content (AvgIpc) is 3.31. The number of H-pyrrole nitrogens is 1. The number of aromatic nitrogens is 2. The molecule has 0 bridgehead atoms. The molecule has 0 spiro atoms. The number of nitrogens with one attached hydrogen (secondary N) is 2. The van der Waals surface area contributed by atoms with E-state index in [0.29, 0.717) is 33.7 Å². The Morgan fingerprint density at radius 2 is 1.84 bits per heavy atom. The SMILES string of the molecule is N#Cc1ccc(NC(=O)C2CSCN2C(=O)CCn2[nH]c(=O)c3ccccc3c2=O)cc1. The molecule has 2 amide bonds. The van der Waals surface area contributed by atoms with E-state index in [2.05, 4.69) is 10.4 Å². The number of rotatable bonds is 5. The Balaban J connectivity index is 1.44. The normalized spacial score (nSPS) is 15.5. The number of nitrogens with zero attached hydrogens (tertiary/aromatic N) is 3. The van der Waals surface area contributed by atoms with Crippen LogP contribution in [0.2, 0.25) is 0 Å². The van der Waals surface area contributed by atoms with E-state index in [4.69, 9.17) is 5.26 Å². The molecule has 1 aliphatic rings. The van der Waals surface area contributed by atoms with Crippen LogP contribution in [0.5, 0.6) is 0 Å². The fraction of sp³-hybridized carbons (Fsp3) is 0.227. The van der Waals surface area contributed by atoms with Crippen molar-refractivity contribution in [2.24, 2.45) is 0 Å². The van der Waals surface area contributed by atoms with E-state index in [1.54, 1.807) is 48.5 Å². The van der Waals surface area contributed by atoms with Gasteiger partial charge in [0.1, 0.15) is 6.04 Å². The first kappa shape index (κ1) is 21.4. The minimum Gasteiger partial charge on any atom is -0.324 e. The third kappa shape index (κ3) is 4.29. The van der Waals surface area contributed by atoms with Crippen LogP contribution in [0.4, 0.5) is 5.69 Å². The number of nitriles is 1. The molecule has 9 nitrogen and oxygen atoms in total. The van der Waals surface area contributed by atoms with Crippen LogP contribution in [0.1, 0.15) is 12.0 Å². The summed E-state index contributed by atoms with van der Waals surface area (Å²) in [5.74, 6) is 0.230. The lowest BCUT2D eigenvalue weighted by molar-refractivity contribution is -0.136. The lowest BCUT2D eigenvalue weighted by Crippen LogP contribution is -2.45. The van der Waals surface area contributed by atoms with Crippen molar-refractivity contribution in [2.75, 3.05) is 16.9 Å². The number of benzene rings is 2. The summed E-state index contributed by atoms with van der Waals surface area (Å²) in [4.78, 5) is 51.9. The average molecular weight is 449 g/mol. The number of aryl methyl sites for hydroxylation is 1. The molecule has 1 fully saturated rings. The van der Waals surface area contributed by atoms with Gasteiger partial charge in [-0.25, -0.2) is 4.68 Å². The standard InChI is InChI=1S/C22H19N5O4S/c23-11-14-5-7-15(8-6-14)24-21(30)18-12-32-13-26(18)19(28)9-10-27-22(31)17-4-2-1-3-16(17)20(29)25-27/h1-8,18H,9-10,12-13H2,(H,24,30)(H,25,29). The van der Waals surface area contributed by atoms with E-state index in [0.717, 1.165) is 4.68 Å². The number of amides is 2. The molecule has 162 valence electrons. The third-order valence-corrected chi connectivity index (χ3v) is 6.23. The van der Waals surface area contributed by atoms with E-state index >= 15 is 0 Å². The molecule has 0 radical (unpaired) electrons. The molecular formula is C22H19N5O4S. The second kappa shape index (κ2) is 9.11. The molecule has 32 heavy (non-hydrogen) atoms. The largest absolute Gasteiger partial charge is 0.324 e. The number of hydrogen-bond donors (Lipinski definition) is 2. The van der Waals surface area contributed by atoms with Crippen LogP contribution in [0.15, 0.2) is 58.1 Å². The van der Waals surface area contributed by atoms with E-state index in [-0.39, 0.29) is 30.3 Å². The predicted molar refractivity (Wildman–Crippen MR) is 121 cm³/mol. The van der Waals surface area contributed by atoms with Gasteiger partial charge in [0, 0.05) is 17.9 Å². The zero-order chi connectivity index (χ0) is 22.7. The third-order valence-electron chi connectivity index (χ3n) is 5.22. The highest BCUT2D eigenvalue weighted by Crippen LogP contribution is 2.23. The molecule has 1 atom stereocenters. The Kier molecular flexibility index (Phi) is 6.09. The summed E-state index contributed by atoms with van der Waals surface area (Å²) in [5.41, 5.74) is 0.250. The maximum absolute atomic E-state index is 12.8.